The number of aromatic nitrogens is 4. The predicted molar refractivity (Wildman–Crippen MR) is 115 cm³/mol. The fourth-order valence-electron chi connectivity index (χ4n) is 2.51. The number of benzene rings is 1. The SMILES string of the molecule is Cc1c(C(=O)Nc2nnc(SCc3cccs3)s2)cnn1-c1cccc(Cl)c1. The molecule has 0 saturated heterocycles. The van der Waals surface area contributed by atoms with Gasteiger partial charge in [-0.05, 0) is 36.6 Å². The molecule has 6 nitrogen and oxygen atoms in total. The quantitative estimate of drug-likeness (QED) is 0.321. The first kappa shape index (κ1) is 19.1. The summed E-state index contributed by atoms with van der Waals surface area (Å²) in [5.74, 6) is 0.572. The molecule has 0 aliphatic rings. The molecule has 4 aromatic rings. The number of amides is 1. The lowest BCUT2D eigenvalue weighted by atomic mass is 10.2. The number of hydrogen-bond donors (Lipinski definition) is 1. The van der Waals surface area contributed by atoms with Crippen LogP contribution in [0.2, 0.25) is 5.02 Å². The second-order valence-corrected chi connectivity index (χ2v) is 9.40. The van der Waals surface area contributed by atoms with Crippen LogP contribution >= 0.6 is 46.0 Å². The van der Waals surface area contributed by atoms with E-state index in [9.17, 15) is 4.79 Å². The Morgan fingerprint density at radius 3 is 2.96 bits per heavy atom. The van der Waals surface area contributed by atoms with Gasteiger partial charge in [-0.1, -0.05) is 46.8 Å². The molecule has 0 aliphatic carbocycles. The Morgan fingerprint density at radius 2 is 2.18 bits per heavy atom. The summed E-state index contributed by atoms with van der Waals surface area (Å²) in [4.78, 5) is 13.9. The van der Waals surface area contributed by atoms with E-state index < -0.39 is 0 Å². The predicted octanol–water partition coefficient (Wildman–Crippen LogP) is 5.29. The minimum atomic E-state index is -0.267. The molecule has 1 amide bonds. The largest absolute Gasteiger partial charge is 0.296 e. The van der Waals surface area contributed by atoms with Crippen LogP contribution < -0.4 is 5.32 Å². The molecule has 28 heavy (non-hydrogen) atoms. The Labute approximate surface area is 178 Å². The molecule has 0 unspecified atom stereocenters. The van der Waals surface area contributed by atoms with Crippen LogP contribution in [-0.2, 0) is 5.75 Å². The van der Waals surface area contributed by atoms with Crippen molar-refractivity contribution in [2.45, 2.75) is 17.0 Å². The molecule has 0 radical (unpaired) electrons. The highest BCUT2D eigenvalue weighted by molar-refractivity contribution is 8.00. The Bertz CT molecular complexity index is 1110. The van der Waals surface area contributed by atoms with Crippen molar-refractivity contribution >= 4 is 57.1 Å². The maximum atomic E-state index is 12.6. The van der Waals surface area contributed by atoms with Crippen molar-refractivity contribution in [1.82, 2.24) is 20.0 Å². The van der Waals surface area contributed by atoms with Gasteiger partial charge in [0.2, 0.25) is 5.13 Å². The lowest BCUT2D eigenvalue weighted by molar-refractivity contribution is 0.102. The van der Waals surface area contributed by atoms with Crippen LogP contribution in [0.1, 0.15) is 20.9 Å². The third kappa shape index (κ3) is 4.27. The van der Waals surface area contributed by atoms with Crippen molar-refractivity contribution in [3.63, 3.8) is 0 Å². The number of halogens is 1. The molecule has 1 N–H and O–H groups in total. The van der Waals surface area contributed by atoms with Gasteiger partial charge in [-0.3, -0.25) is 10.1 Å². The summed E-state index contributed by atoms with van der Waals surface area (Å²) in [5.41, 5.74) is 1.99. The maximum absolute atomic E-state index is 12.6. The average molecular weight is 448 g/mol. The molecule has 3 heterocycles. The zero-order valence-corrected chi connectivity index (χ0v) is 17.8. The Balaban J connectivity index is 1.44. The van der Waals surface area contributed by atoms with Crippen LogP contribution in [0.25, 0.3) is 5.69 Å². The van der Waals surface area contributed by atoms with E-state index >= 15 is 0 Å². The van der Waals surface area contributed by atoms with Gasteiger partial charge in [0.15, 0.2) is 4.34 Å². The van der Waals surface area contributed by atoms with Crippen LogP contribution in [0.4, 0.5) is 5.13 Å². The van der Waals surface area contributed by atoms with Crippen LogP contribution in [-0.4, -0.2) is 25.9 Å². The standard InChI is InChI=1S/C18H14ClN5OS3/c1-11-15(9-20-24(11)13-5-2-4-12(19)8-13)16(25)21-17-22-23-18(28-17)27-10-14-6-3-7-26-14/h2-9H,10H2,1H3,(H,21,22,25). The summed E-state index contributed by atoms with van der Waals surface area (Å²) in [7, 11) is 0. The van der Waals surface area contributed by atoms with E-state index in [1.54, 1.807) is 46.1 Å². The lowest BCUT2D eigenvalue weighted by Crippen LogP contribution is -2.13. The van der Waals surface area contributed by atoms with Crippen molar-refractivity contribution in [3.8, 4) is 5.69 Å². The van der Waals surface area contributed by atoms with E-state index in [0.717, 1.165) is 21.5 Å². The molecule has 0 spiro atoms. The second kappa shape index (κ2) is 8.44. The molecular formula is C18H14ClN5OS3. The van der Waals surface area contributed by atoms with E-state index in [2.05, 4.69) is 26.7 Å². The highest BCUT2D eigenvalue weighted by Crippen LogP contribution is 2.30. The molecule has 0 fully saturated rings. The van der Waals surface area contributed by atoms with Gasteiger partial charge in [-0.25, -0.2) is 4.68 Å². The number of carbonyl (C=O) groups is 1. The summed E-state index contributed by atoms with van der Waals surface area (Å²) in [5, 5.41) is 18.4. The highest BCUT2D eigenvalue weighted by Gasteiger charge is 2.17. The number of anilines is 1. The lowest BCUT2D eigenvalue weighted by Gasteiger charge is -2.05. The average Bonchev–Trinajstić information content (AvgIpc) is 3.41. The van der Waals surface area contributed by atoms with E-state index in [-0.39, 0.29) is 5.91 Å². The van der Waals surface area contributed by atoms with E-state index in [0.29, 0.717) is 15.7 Å². The molecule has 10 heteroatoms. The van der Waals surface area contributed by atoms with Gasteiger partial charge in [0.05, 0.1) is 23.1 Å². The highest BCUT2D eigenvalue weighted by atomic mass is 35.5. The molecule has 4 rings (SSSR count). The van der Waals surface area contributed by atoms with Gasteiger partial charge < -0.3 is 0 Å². The van der Waals surface area contributed by atoms with Crippen LogP contribution in [0.3, 0.4) is 0 Å². The summed E-state index contributed by atoms with van der Waals surface area (Å²) in [6.45, 7) is 1.84. The summed E-state index contributed by atoms with van der Waals surface area (Å²) in [6.07, 6.45) is 1.54. The number of nitrogens with zero attached hydrogens (tertiary/aromatic N) is 4. The molecule has 0 atom stereocenters. The second-order valence-electron chi connectivity index (χ2n) is 5.73. The van der Waals surface area contributed by atoms with Gasteiger partial charge in [-0.2, -0.15) is 5.10 Å². The first-order valence-corrected chi connectivity index (χ1v) is 11.3. The zero-order chi connectivity index (χ0) is 19.5. The molecule has 3 aromatic heterocycles. The fraction of sp³-hybridized carbons (Fsp3) is 0.111. The van der Waals surface area contributed by atoms with Crippen molar-refractivity contribution in [3.05, 3.63) is 69.1 Å². The van der Waals surface area contributed by atoms with Crippen molar-refractivity contribution in [2.75, 3.05) is 5.32 Å². The molecule has 0 aliphatic heterocycles. The summed E-state index contributed by atoms with van der Waals surface area (Å²) in [6, 6.07) is 11.4. The first-order valence-electron chi connectivity index (χ1n) is 8.21. The normalized spacial score (nSPS) is 10.9. The van der Waals surface area contributed by atoms with Crippen molar-refractivity contribution in [2.24, 2.45) is 0 Å². The van der Waals surface area contributed by atoms with Crippen molar-refractivity contribution in [1.29, 1.82) is 0 Å². The van der Waals surface area contributed by atoms with Crippen LogP contribution in [0.15, 0.2) is 52.3 Å². The minimum Gasteiger partial charge on any atom is -0.296 e. The third-order valence-corrected chi connectivity index (χ3v) is 7.17. The molecule has 0 bridgehead atoms. The summed E-state index contributed by atoms with van der Waals surface area (Å²) < 4.78 is 2.50. The van der Waals surface area contributed by atoms with Crippen LogP contribution in [0.5, 0.6) is 0 Å². The van der Waals surface area contributed by atoms with Gasteiger partial charge in [0.25, 0.3) is 5.91 Å². The van der Waals surface area contributed by atoms with Crippen LogP contribution in [0, 0.1) is 6.92 Å². The maximum Gasteiger partial charge on any atom is 0.260 e. The number of hydrogen-bond acceptors (Lipinski definition) is 7. The number of thiophene rings is 1. The number of carbonyl (C=O) groups excluding carboxylic acids is 1. The zero-order valence-electron chi connectivity index (χ0n) is 14.6. The number of nitrogens with one attached hydrogen (secondary N) is 1. The van der Waals surface area contributed by atoms with E-state index in [4.69, 9.17) is 11.6 Å². The molecular weight excluding hydrogens is 434 g/mol. The summed E-state index contributed by atoms with van der Waals surface area (Å²) >= 11 is 10.7. The Kier molecular flexibility index (Phi) is 5.77. The molecule has 142 valence electrons. The minimum absolute atomic E-state index is 0.267. The fourth-order valence-corrected chi connectivity index (χ4v) is 5.22. The third-order valence-electron chi connectivity index (χ3n) is 3.85. The monoisotopic (exact) mass is 447 g/mol. The number of rotatable bonds is 6. The Morgan fingerprint density at radius 1 is 1.29 bits per heavy atom. The van der Waals surface area contributed by atoms with Gasteiger partial charge in [0.1, 0.15) is 0 Å². The number of thioether (sulfide) groups is 1. The smallest absolute Gasteiger partial charge is 0.260 e. The van der Waals surface area contributed by atoms with Gasteiger partial charge in [0, 0.05) is 15.7 Å². The van der Waals surface area contributed by atoms with Gasteiger partial charge >= 0.3 is 0 Å². The molecule has 1 aromatic carbocycles. The first-order chi connectivity index (χ1) is 13.6. The molecule has 0 saturated carbocycles. The van der Waals surface area contributed by atoms with E-state index in [1.807, 2.05) is 30.5 Å². The Hall–Kier alpha value is -2.20. The van der Waals surface area contributed by atoms with E-state index in [1.165, 1.54) is 16.2 Å². The topological polar surface area (TPSA) is 72.7 Å². The van der Waals surface area contributed by atoms with Crippen molar-refractivity contribution < 1.29 is 4.79 Å². The van der Waals surface area contributed by atoms with Gasteiger partial charge in [-0.15, -0.1) is 21.5 Å².